The second-order valence-corrected chi connectivity index (χ2v) is 9.20. The van der Waals surface area contributed by atoms with Crippen LogP contribution in [0.25, 0.3) is 0 Å². The monoisotopic (exact) mass is 483 g/mol. The molecule has 1 unspecified atom stereocenters. The SMILES string of the molecule is CC1=NN(c2ccc(S(=O)(=O)O)cc2)C(=O)C1N=Nc1ccc(S(=O)(=O)O)cc1[N+](=O)[O-]. The third-order valence-corrected chi connectivity index (χ3v) is 5.92. The Morgan fingerprint density at radius 1 is 1.03 bits per heavy atom. The summed E-state index contributed by atoms with van der Waals surface area (Å²) < 4.78 is 62.7. The van der Waals surface area contributed by atoms with Crippen molar-refractivity contribution in [2.24, 2.45) is 15.3 Å². The predicted octanol–water partition coefficient (Wildman–Crippen LogP) is 1.96. The maximum absolute atomic E-state index is 12.7. The van der Waals surface area contributed by atoms with Gasteiger partial charge in [0.1, 0.15) is 4.90 Å². The lowest BCUT2D eigenvalue weighted by molar-refractivity contribution is -0.384. The summed E-state index contributed by atoms with van der Waals surface area (Å²) in [6, 6.07) is 5.78. The Balaban J connectivity index is 1.89. The number of rotatable bonds is 6. The van der Waals surface area contributed by atoms with Crippen LogP contribution >= 0.6 is 0 Å². The molecule has 1 amide bonds. The lowest BCUT2D eigenvalue weighted by Gasteiger charge is -2.12. The smallest absolute Gasteiger partial charge is 0.282 e. The third kappa shape index (κ3) is 4.67. The molecule has 3 rings (SSSR count). The van der Waals surface area contributed by atoms with E-state index in [2.05, 4.69) is 15.3 Å². The Kier molecular flexibility index (Phi) is 5.88. The molecule has 168 valence electrons. The molecule has 0 aromatic heterocycles. The van der Waals surface area contributed by atoms with Gasteiger partial charge in [-0.05, 0) is 43.3 Å². The summed E-state index contributed by atoms with van der Waals surface area (Å²) in [6.07, 6.45) is 0. The van der Waals surface area contributed by atoms with Crippen molar-refractivity contribution in [3.63, 3.8) is 0 Å². The van der Waals surface area contributed by atoms with Gasteiger partial charge in [-0.25, -0.2) is 0 Å². The highest BCUT2D eigenvalue weighted by atomic mass is 32.2. The maximum atomic E-state index is 12.7. The fourth-order valence-corrected chi connectivity index (χ4v) is 3.63. The molecule has 0 spiro atoms. The summed E-state index contributed by atoms with van der Waals surface area (Å²) in [6.45, 7) is 1.45. The Hall–Kier alpha value is -3.60. The molecule has 0 aliphatic carbocycles. The van der Waals surface area contributed by atoms with Crippen LogP contribution in [0.1, 0.15) is 6.92 Å². The molecule has 2 N–H and O–H groups in total. The highest BCUT2D eigenvalue weighted by Crippen LogP contribution is 2.31. The molecule has 2 aromatic carbocycles. The number of carbonyl (C=O) groups excluding carboxylic acids is 1. The second-order valence-electron chi connectivity index (χ2n) is 6.36. The average Bonchev–Trinajstić information content (AvgIpc) is 2.98. The number of hydrazone groups is 1. The number of benzene rings is 2. The molecule has 14 nitrogen and oxygen atoms in total. The molecule has 32 heavy (non-hydrogen) atoms. The van der Waals surface area contributed by atoms with Crippen LogP contribution in [0.4, 0.5) is 17.1 Å². The van der Waals surface area contributed by atoms with Crippen molar-refractivity contribution in [3.05, 3.63) is 52.6 Å². The Labute approximate surface area is 180 Å². The van der Waals surface area contributed by atoms with Crippen LogP contribution in [0, 0.1) is 10.1 Å². The zero-order chi connectivity index (χ0) is 23.8. The van der Waals surface area contributed by atoms with Crippen LogP contribution < -0.4 is 5.01 Å². The average molecular weight is 483 g/mol. The second kappa shape index (κ2) is 8.15. The largest absolute Gasteiger partial charge is 0.298 e. The van der Waals surface area contributed by atoms with E-state index in [0.717, 1.165) is 29.3 Å². The topological polar surface area (TPSA) is 209 Å². The standard InChI is InChI=1S/C16H13N5O9S2/c1-9-15(16(22)20(19-9)10-2-4-11(5-3-10)31(25,26)27)18-17-13-7-6-12(32(28,29)30)8-14(13)21(23)24/h2-8,15H,1H3,(H,25,26,27)(H,28,29,30). The quantitative estimate of drug-likeness (QED) is 0.266. The normalized spacial score (nSPS) is 17.1. The molecule has 1 aliphatic rings. The number of hydrogen-bond acceptors (Lipinski definition) is 10. The van der Waals surface area contributed by atoms with Gasteiger partial charge in [-0.1, -0.05) is 0 Å². The Bertz CT molecular complexity index is 1380. The summed E-state index contributed by atoms with van der Waals surface area (Å²) in [5.74, 6) is -0.692. The van der Waals surface area contributed by atoms with E-state index in [1.54, 1.807) is 0 Å². The zero-order valence-electron chi connectivity index (χ0n) is 15.9. The van der Waals surface area contributed by atoms with Crippen LogP contribution in [-0.2, 0) is 25.0 Å². The minimum Gasteiger partial charge on any atom is -0.282 e. The summed E-state index contributed by atoms with van der Waals surface area (Å²) in [7, 11) is -9.11. The molecule has 0 radical (unpaired) electrons. The number of nitro benzene ring substituents is 1. The van der Waals surface area contributed by atoms with Gasteiger partial charge in [-0.15, -0.1) is 5.11 Å². The summed E-state index contributed by atoms with van der Waals surface area (Å²) in [5, 5.41) is 23.6. The molecular formula is C16H13N5O9S2. The Morgan fingerprint density at radius 3 is 2.12 bits per heavy atom. The predicted molar refractivity (Wildman–Crippen MR) is 108 cm³/mol. The van der Waals surface area contributed by atoms with Gasteiger partial charge in [-0.3, -0.25) is 24.0 Å². The van der Waals surface area contributed by atoms with Gasteiger partial charge in [0.05, 0.1) is 21.2 Å². The minimum atomic E-state index is -4.68. The molecule has 0 bridgehead atoms. The van der Waals surface area contributed by atoms with Crippen molar-refractivity contribution in [2.45, 2.75) is 22.8 Å². The first-order valence-corrected chi connectivity index (χ1v) is 11.3. The molecule has 1 heterocycles. The van der Waals surface area contributed by atoms with Gasteiger partial charge in [0.15, 0.2) is 11.7 Å². The van der Waals surface area contributed by atoms with E-state index in [0.29, 0.717) is 6.07 Å². The molecule has 0 saturated heterocycles. The summed E-state index contributed by atoms with van der Waals surface area (Å²) in [5.41, 5.74) is -0.779. The van der Waals surface area contributed by atoms with Gasteiger partial charge < -0.3 is 0 Å². The van der Waals surface area contributed by atoms with Crippen molar-refractivity contribution in [2.75, 3.05) is 5.01 Å². The van der Waals surface area contributed by atoms with Crippen LogP contribution in [0.15, 0.2) is 67.6 Å². The lowest BCUT2D eigenvalue weighted by Crippen LogP contribution is -2.29. The maximum Gasteiger partial charge on any atom is 0.298 e. The number of anilines is 1. The van der Waals surface area contributed by atoms with Gasteiger partial charge in [0.25, 0.3) is 31.8 Å². The Morgan fingerprint density at radius 2 is 1.59 bits per heavy atom. The third-order valence-electron chi connectivity index (χ3n) is 4.20. The number of azo groups is 1. The van der Waals surface area contributed by atoms with E-state index in [1.807, 2.05) is 0 Å². The number of carbonyl (C=O) groups is 1. The molecule has 1 aliphatic heterocycles. The van der Waals surface area contributed by atoms with Crippen LogP contribution in [0.2, 0.25) is 0 Å². The first-order chi connectivity index (χ1) is 14.8. The van der Waals surface area contributed by atoms with Gasteiger partial charge in [-0.2, -0.15) is 32.1 Å². The van der Waals surface area contributed by atoms with E-state index in [9.17, 15) is 31.7 Å². The highest BCUT2D eigenvalue weighted by Gasteiger charge is 2.35. The van der Waals surface area contributed by atoms with Gasteiger partial charge >= 0.3 is 0 Å². The molecule has 1 atom stereocenters. The number of hydrogen-bond donors (Lipinski definition) is 2. The molecule has 16 heteroatoms. The van der Waals surface area contributed by atoms with E-state index in [4.69, 9.17) is 9.11 Å². The van der Waals surface area contributed by atoms with Crippen LogP contribution in [0.3, 0.4) is 0 Å². The number of nitrogens with zero attached hydrogens (tertiary/aromatic N) is 5. The molecule has 0 saturated carbocycles. The van der Waals surface area contributed by atoms with Crippen LogP contribution in [0.5, 0.6) is 0 Å². The van der Waals surface area contributed by atoms with Crippen molar-refractivity contribution >= 4 is 48.9 Å². The molecular weight excluding hydrogens is 470 g/mol. The van der Waals surface area contributed by atoms with Crippen molar-refractivity contribution < 1.29 is 35.7 Å². The van der Waals surface area contributed by atoms with Crippen molar-refractivity contribution in [3.8, 4) is 0 Å². The van der Waals surface area contributed by atoms with E-state index < -0.39 is 47.7 Å². The van der Waals surface area contributed by atoms with E-state index in [1.165, 1.54) is 19.1 Å². The number of nitro groups is 1. The van der Waals surface area contributed by atoms with Crippen LogP contribution in [-0.4, -0.2) is 48.5 Å². The molecule has 2 aromatic rings. The van der Waals surface area contributed by atoms with E-state index >= 15 is 0 Å². The van der Waals surface area contributed by atoms with Gasteiger partial charge in [0.2, 0.25) is 0 Å². The van der Waals surface area contributed by atoms with Crippen molar-refractivity contribution in [1.82, 2.24) is 0 Å². The zero-order valence-corrected chi connectivity index (χ0v) is 17.6. The fourth-order valence-electron chi connectivity index (χ4n) is 2.65. The number of amides is 1. The first-order valence-electron chi connectivity index (χ1n) is 8.42. The first kappa shape index (κ1) is 23.1. The summed E-state index contributed by atoms with van der Waals surface area (Å²) >= 11 is 0. The molecule has 0 fully saturated rings. The van der Waals surface area contributed by atoms with Gasteiger partial charge in [0, 0.05) is 6.07 Å². The summed E-state index contributed by atoms with van der Waals surface area (Å²) in [4.78, 5) is 21.9. The lowest BCUT2D eigenvalue weighted by atomic mass is 10.2. The fraction of sp³-hybridized carbons (Fsp3) is 0.125. The highest BCUT2D eigenvalue weighted by molar-refractivity contribution is 7.86. The minimum absolute atomic E-state index is 0.169. The van der Waals surface area contributed by atoms with Crippen molar-refractivity contribution in [1.29, 1.82) is 0 Å². The van der Waals surface area contributed by atoms with E-state index in [-0.39, 0.29) is 22.0 Å².